The number of hydrogen-bond acceptors (Lipinski definition) is 5. The molecule has 0 aliphatic heterocycles. The summed E-state index contributed by atoms with van der Waals surface area (Å²) in [5, 5.41) is 6.97. The smallest absolute Gasteiger partial charge is 0.0976 e. The van der Waals surface area contributed by atoms with Gasteiger partial charge >= 0.3 is 0 Å². The van der Waals surface area contributed by atoms with Crippen molar-refractivity contribution in [2.45, 2.75) is 38.5 Å². The molecule has 0 radical (unpaired) electrons. The molecule has 0 spiro atoms. The van der Waals surface area contributed by atoms with Crippen molar-refractivity contribution in [1.29, 1.82) is 0 Å². The lowest BCUT2D eigenvalue weighted by molar-refractivity contribution is 0.0365. The molecule has 5 heteroatoms. The van der Waals surface area contributed by atoms with Crippen LogP contribution in [0.15, 0.2) is 12.3 Å². The maximum Gasteiger partial charge on any atom is 0.0976 e. The van der Waals surface area contributed by atoms with Crippen LogP contribution < -0.4 is 10.6 Å². The van der Waals surface area contributed by atoms with Crippen LogP contribution in [-0.2, 0) is 16.0 Å². The quantitative estimate of drug-likeness (QED) is 0.721. The van der Waals surface area contributed by atoms with Crippen LogP contribution in [0.5, 0.6) is 0 Å². The molecule has 1 unspecified atom stereocenters. The van der Waals surface area contributed by atoms with Crippen molar-refractivity contribution >= 4 is 5.69 Å². The van der Waals surface area contributed by atoms with Crippen LogP contribution in [0.25, 0.3) is 0 Å². The van der Waals surface area contributed by atoms with Crippen molar-refractivity contribution in [3.05, 3.63) is 23.5 Å². The Kier molecular flexibility index (Phi) is 5.76. The number of pyridine rings is 1. The molecule has 2 rings (SSSR count). The van der Waals surface area contributed by atoms with E-state index < -0.39 is 0 Å². The third kappa shape index (κ3) is 4.74. The zero-order chi connectivity index (χ0) is 14.4. The zero-order valence-electron chi connectivity index (χ0n) is 12.6. The number of rotatable bonds is 9. The van der Waals surface area contributed by atoms with Crippen LogP contribution in [-0.4, -0.2) is 44.5 Å². The summed E-state index contributed by atoms with van der Waals surface area (Å²) in [5.41, 5.74) is 3.35. The van der Waals surface area contributed by atoms with Crippen LogP contribution in [0.4, 0.5) is 5.69 Å². The van der Waals surface area contributed by atoms with Gasteiger partial charge in [-0.05, 0) is 25.8 Å². The van der Waals surface area contributed by atoms with E-state index in [9.17, 15) is 0 Å². The molecular formula is C15H25N3O2. The molecule has 112 valence electrons. The van der Waals surface area contributed by atoms with Gasteiger partial charge in [0.25, 0.3) is 0 Å². The Morgan fingerprint density at radius 3 is 2.85 bits per heavy atom. The predicted molar refractivity (Wildman–Crippen MR) is 80.0 cm³/mol. The Morgan fingerprint density at radius 1 is 1.40 bits per heavy atom. The van der Waals surface area contributed by atoms with Gasteiger partial charge in [0.05, 0.1) is 12.7 Å². The molecule has 0 bridgehead atoms. The Morgan fingerprint density at radius 2 is 2.20 bits per heavy atom. The second-order valence-electron chi connectivity index (χ2n) is 5.33. The third-order valence-corrected chi connectivity index (χ3v) is 3.49. The molecule has 1 heterocycles. The van der Waals surface area contributed by atoms with Gasteiger partial charge < -0.3 is 20.1 Å². The van der Waals surface area contributed by atoms with Crippen LogP contribution >= 0.6 is 0 Å². The van der Waals surface area contributed by atoms with Gasteiger partial charge in [-0.3, -0.25) is 4.98 Å². The van der Waals surface area contributed by atoms with Crippen molar-refractivity contribution < 1.29 is 9.47 Å². The zero-order valence-corrected chi connectivity index (χ0v) is 12.6. The molecule has 1 fully saturated rings. The van der Waals surface area contributed by atoms with Crippen molar-refractivity contribution in [3.8, 4) is 0 Å². The van der Waals surface area contributed by atoms with Crippen molar-refractivity contribution in [2.24, 2.45) is 0 Å². The molecule has 0 aromatic carbocycles. The summed E-state index contributed by atoms with van der Waals surface area (Å²) in [5.74, 6) is 0. The van der Waals surface area contributed by atoms with Crippen molar-refractivity contribution in [1.82, 2.24) is 10.3 Å². The van der Waals surface area contributed by atoms with E-state index in [1.807, 2.05) is 13.1 Å². The first-order chi connectivity index (χ1) is 9.72. The first kappa shape index (κ1) is 15.2. The highest BCUT2D eigenvalue weighted by Crippen LogP contribution is 2.21. The number of methoxy groups -OCH3 is 2. The van der Waals surface area contributed by atoms with E-state index in [2.05, 4.69) is 21.7 Å². The van der Waals surface area contributed by atoms with Crippen LogP contribution in [0, 0.1) is 6.92 Å². The second-order valence-corrected chi connectivity index (χ2v) is 5.33. The molecule has 5 nitrogen and oxygen atoms in total. The number of hydrogen-bond donors (Lipinski definition) is 2. The van der Waals surface area contributed by atoms with E-state index in [-0.39, 0.29) is 6.10 Å². The van der Waals surface area contributed by atoms with Gasteiger partial charge in [-0.1, -0.05) is 0 Å². The minimum atomic E-state index is 0.0534. The number of anilines is 1. The first-order valence-corrected chi connectivity index (χ1v) is 7.17. The summed E-state index contributed by atoms with van der Waals surface area (Å²) in [4.78, 5) is 4.39. The monoisotopic (exact) mass is 279 g/mol. The van der Waals surface area contributed by atoms with Gasteiger partial charge in [0.2, 0.25) is 0 Å². The standard InChI is InChI=1S/C15H25N3O2/c1-11-6-15(18-9-14(20-3)10-19-2)12(7-16-11)8-17-13-4-5-13/h6-7,13-14,17H,4-5,8-10H2,1-3H3,(H,16,18). The van der Waals surface area contributed by atoms with Crippen LogP contribution in [0.1, 0.15) is 24.1 Å². The third-order valence-electron chi connectivity index (χ3n) is 3.49. The highest BCUT2D eigenvalue weighted by Gasteiger charge is 2.20. The fourth-order valence-corrected chi connectivity index (χ4v) is 2.06. The number of nitrogens with one attached hydrogen (secondary N) is 2. The minimum Gasteiger partial charge on any atom is -0.382 e. The molecule has 1 atom stereocenters. The van der Waals surface area contributed by atoms with Gasteiger partial charge in [-0.25, -0.2) is 0 Å². The SMILES string of the molecule is COCC(CNc1cc(C)ncc1CNC1CC1)OC. The fraction of sp³-hybridized carbons (Fsp3) is 0.667. The second kappa shape index (κ2) is 7.57. The molecule has 1 aliphatic carbocycles. The van der Waals surface area contributed by atoms with Crippen molar-refractivity contribution in [2.75, 3.05) is 32.7 Å². The summed E-state index contributed by atoms with van der Waals surface area (Å²) in [6.45, 7) is 4.18. The minimum absolute atomic E-state index is 0.0534. The normalized spacial score (nSPS) is 16.1. The lowest BCUT2D eigenvalue weighted by Crippen LogP contribution is -2.27. The largest absolute Gasteiger partial charge is 0.382 e. The van der Waals surface area contributed by atoms with Gasteiger partial charge in [-0.2, -0.15) is 0 Å². The molecule has 20 heavy (non-hydrogen) atoms. The molecule has 0 amide bonds. The Bertz CT molecular complexity index is 422. The van der Waals surface area contributed by atoms with Gasteiger partial charge in [0.15, 0.2) is 0 Å². The summed E-state index contributed by atoms with van der Waals surface area (Å²) in [7, 11) is 3.40. The molecule has 1 aromatic rings. The van der Waals surface area contributed by atoms with E-state index in [0.29, 0.717) is 12.6 Å². The van der Waals surface area contributed by atoms with E-state index in [4.69, 9.17) is 9.47 Å². The summed E-state index contributed by atoms with van der Waals surface area (Å²) < 4.78 is 10.5. The maximum absolute atomic E-state index is 5.37. The number of aromatic nitrogens is 1. The Hall–Kier alpha value is -1.17. The average molecular weight is 279 g/mol. The van der Waals surface area contributed by atoms with E-state index in [1.165, 1.54) is 18.4 Å². The van der Waals surface area contributed by atoms with Crippen LogP contribution in [0.3, 0.4) is 0 Å². The lowest BCUT2D eigenvalue weighted by Gasteiger charge is -2.18. The maximum atomic E-state index is 5.37. The average Bonchev–Trinajstić information content (AvgIpc) is 3.26. The first-order valence-electron chi connectivity index (χ1n) is 7.17. The highest BCUT2D eigenvalue weighted by atomic mass is 16.5. The number of aryl methyl sites for hydroxylation is 1. The van der Waals surface area contributed by atoms with E-state index >= 15 is 0 Å². The van der Waals surface area contributed by atoms with E-state index in [1.54, 1.807) is 14.2 Å². The Balaban J connectivity index is 1.94. The predicted octanol–water partition coefficient (Wildman–Crippen LogP) is 1.72. The van der Waals surface area contributed by atoms with Gasteiger partial charge in [0, 0.05) is 56.5 Å². The Labute approximate surface area is 121 Å². The summed E-state index contributed by atoms with van der Waals surface area (Å²) in [6.07, 6.45) is 4.59. The molecule has 1 aromatic heterocycles. The summed E-state index contributed by atoms with van der Waals surface area (Å²) >= 11 is 0. The molecule has 1 saturated carbocycles. The highest BCUT2D eigenvalue weighted by molar-refractivity contribution is 5.51. The van der Waals surface area contributed by atoms with Gasteiger partial charge in [0.1, 0.15) is 0 Å². The van der Waals surface area contributed by atoms with Crippen molar-refractivity contribution in [3.63, 3.8) is 0 Å². The lowest BCUT2D eigenvalue weighted by atomic mass is 10.2. The van der Waals surface area contributed by atoms with E-state index in [0.717, 1.165) is 24.5 Å². The molecule has 1 aliphatic rings. The fourth-order valence-electron chi connectivity index (χ4n) is 2.06. The van der Waals surface area contributed by atoms with Gasteiger partial charge in [-0.15, -0.1) is 0 Å². The number of nitrogens with zero attached hydrogens (tertiary/aromatic N) is 1. The number of ether oxygens (including phenoxy) is 2. The molecule has 2 N–H and O–H groups in total. The molecule has 0 saturated heterocycles. The topological polar surface area (TPSA) is 55.4 Å². The van der Waals surface area contributed by atoms with Crippen LogP contribution in [0.2, 0.25) is 0 Å². The molecular weight excluding hydrogens is 254 g/mol. The summed E-state index contributed by atoms with van der Waals surface area (Å²) in [6, 6.07) is 2.79.